The van der Waals surface area contributed by atoms with E-state index in [4.69, 9.17) is 23.2 Å². The first kappa shape index (κ1) is 13.9. The van der Waals surface area contributed by atoms with E-state index >= 15 is 0 Å². The van der Waals surface area contributed by atoms with Crippen molar-refractivity contribution in [2.45, 2.75) is 20.3 Å². The summed E-state index contributed by atoms with van der Waals surface area (Å²) < 4.78 is 0. The lowest BCUT2D eigenvalue weighted by Gasteiger charge is -2.02. The zero-order valence-corrected chi connectivity index (χ0v) is 11.1. The summed E-state index contributed by atoms with van der Waals surface area (Å²) in [5.74, 6) is -0.443. The third-order valence-electron chi connectivity index (χ3n) is 2.20. The van der Waals surface area contributed by atoms with Gasteiger partial charge in [0.1, 0.15) is 0 Å². The molecular weight excluding hydrogens is 259 g/mol. The molecular formula is C13H12Cl2O2. The van der Waals surface area contributed by atoms with Gasteiger partial charge in [-0.15, -0.1) is 0 Å². The summed E-state index contributed by atoms with van der Waals surface area (Å²) in [5, 5.41) is 0.936. The molecule has 0 heterocycles. The number of hydrogen-bond donors (Lipinski definition) is 0. The van der Waals surface area contributed by atoms with Gasteiger partial charge in [0.2, 0.25) is 0 Å². The third-order valence-corrected chi connectivity index (χ3v) is 2.63. The standard InChI is InChI=1S/C13H12Cl2O2/c1-3-13(17)12(8(2)16)6-9-4-10(14)7-11(15)5-9/h4-7H,3H2,1-2H3. The Morgan fingerprint density at radius 2 is 1.71 bits per heavy atom. The van der Waals surface area contributed by atoms with Crippen LogP contribution in [0.1, 0.15) is 25.8 Å². The SMILES string of the molecule is CCC(=O)C(=Cc1cc(Cl)cc(Cl)c1)C(C)=O. The summed E-state index contributed by atoms with van der Waals surface area (Å²) in [4.78, 5) is 22.9. The molecule has 1 rings (SSSR count). The lowest BCUT2D eigenvalue weighted by molar-refractivity contribution is -0.120. The fourth-order valence-electron chi connectivity index (χ4n) is 1.39. The van der Waals surface area contributed by atoms with Crippen LogP contribution in [-0.4, -0.2) is 11.6 Å². The van der Waals surface area contributed by atoms with Crippen LogP contribution in [0.25, 0.3) is 6.08 Å². The quantitative estimate of drug-likeness (QED) is 0.472. The molecule has 90 valence electrons. The molecule has 0 aliphatic rings. The minimum absolute atomic E-state index is 0.172. The average Bonchev–Trinajstić information content (AvgIpc) is 2.23. The monoisotopic (exact) mass is 270 g/mol. The van der Waals surface area contributed by atoms with E-state index in [0.717, 1.165) is 0 Å². The van der Waals surface area contributed by atoms with Crippen molar-refractivity contribution < 1.29 is 9.59 Å². The summed E-state index contributed by atoms with van der Waals surface area (Å²) in [5.41, 5.74) is 0.820. The highest BCUT2D eigenvalue weighted by Crippen LogP contribution is 2.21. The largest absolute Gasteiger partial charge is 0.294 e. The number of halogens is 2. The smallest absolute Gasteiger partial charge is 0.166 e. The molecule has 0 aromatic heterocycles. The van der Waals surface area contributed by atoms with Gasteiger partial charge in [0.25, 0.3) is 0 Å². The summed E-state index contributed by atoms with van der Waals surface area (Å²) >= 11 is 11.7. The van der Waals surface area contributed by atoms with Crippen molar-refractivity contribution in [2.24, 2.45) is 0 Å². The number of benzene rings is 1. The first-order valence-electron chi connectivity index (χ1n) is 5.16. The number of carbonyl (C=O) groups is 2. The minimum Gasteiger partial charge on any atom is -0.294 e. The van der Waals surface area contributed by atoms with Crippen LogP contribution in [0.5, 0.6) is 0 Å². The number of carbonyl (C=O) groups excluding carboxylic acids is 2. The van der Waals surface area contributed by atoms with Crippen molar-refractivity contribution in [1.29, 1.82) is 0 Å². The Labute approximate surface area is 110 Å². The van der Waals surface area contributed by atoms with Gasteiger partial charge in [-0.25, -0.2) is 0 Å². The van der Waals surface area contributed by atoms with Gasteiger partial charge in [-0.3, -0.25) is 9.59 Å². The van der Waals surface area contributed by atoms with E-state index in [-0.39, 0.29) is 17.1 Å². The van der Waals surface area contributed by atoms with E-state index in [1.54, 1.807) is 25.1 Å². The molecule has 0 amide bonds. The molecule has 0 fully saturated rings. The highest BCUT2D eigenvalue weighted by atomic mass is 35.5. The van der Waals surface area contributed by atoms with Crippen LogP contribution in [0.4, 0.5) is 0 Å². The number of ketones is 2. The Hall–Kier alpha value is -1.12. The van der Waals surface area contributed by atoms with Gasteiger partial charge in [0.15, 0.2) is 11.6 Å². The van der Waals surface area contributed by atoms with Gasteiger partial charge >= 0.3 is 0 Å². The molecule has 2 nitrogen and oxygen atoms in total. The maximum Gasteiger partial charge on any atom is 0.166 e. The number of hydrogen-bond acceptors (Lipinski definition) is 2. The average molecular weight is 271 g/mol. The predicted molar refractivity (Wildman–Crippen MR) is 70.4 cm³/mol. The van der Waals surface area contributed by atoms with Gasteiger partial charge in [0.05, 0.1) is 5.57 Å². The van der Waals surface area contributed by atoms with Crippen molar-refractivity contribution >= 4 is 40.8 Å². The maximum atomic E-state index is 11.6. The molecule has 0 radical (unpaired) electrons. The molecule has 1 aromatic rings. The van der Waals surface area contributed by atoms with Gasteiger partial charge in [-0.05, 0) is 36.8 Å². The van der Waals surface area contributed by atoms with E-state index in [2.05, 4.69) is 0 Å². The van der Waals surface area contributed by atoms with E-state index in [1.807, 2.05) is 0 Å². The fourth-order valence-corrected chi connectivity index (χ4v) is 1.94. The van der Waals surface area contributed by atoms with Crippen LogP contribution < -0.4 is 0 Å². The molecule has 0 unspecified atom stereocenters. The first-order chi connectivity index (χ1) is 7.93. The van der Waals surface area contributed by atoms with E-state index in [0.29, 0.717) is 22.0 Å². The zero-order chi connectivity index (χ0) is 13.0. The van der Waals surface area contributed by atoms with E-state index in [9.17, 15) is 9.59 Å². The van der Waals surface area contributed by atoms with E-state index < -0.39 is 0 Å². The normalized spacial score (nSPS) is 11.4. The van der Waals surface area contributed by atoms with Crippen molar-refractivity contribution in [3.63, 3.8) is 0 Å². The molecule has 0 aliphatic heterocycles. The molecule has 0 aliphatic carbocycles. The second kappa shape index (κ2) is 5.99. The summed E-state index contributed by atoms with van der Waals surface area (Å²) in [7, 11) is 0. The Bertz CT molecular complexity index is 470. The summed E-state index contributed by atoms with van der Waals surface area (Å²) in [6.07, 6.45) is 1.81. The molecule has 0 saturated carbocycles. The highest BCUT2D eigenvalue weighted by molar-refractivity contribution is 6.35. The van der Waals surface area contributed by atoms with Crippen molar-refractivity contribution in [3.05, 3.63) is 39.4 Å². The van der Waals surface area contributed by atoms with Gasteiger partial charge in [-0.1, -0.05) is 30.1 Å². The maximum absolute atomic E-state index is 11.6. The number of Topliss-reactive ketones (excluding diaryl/α,β-unsaturated/α-hetero) is 2. The van der Waals surface area contributed by atoms with E-state index in [1.165, 1.54) is 13.0 Å². The second-order valence-electron chi connectivity index (χ2n) is 3.59. The minimum atomic E-state index is -0.257. The topological polar surface area (TPSA) is 34.1 Å². The lowest BCUT2D eigenvalue weighted by Crippen LogP contribution is -2.08. The first-order valence-corrected chi connectivity index (χ1v) is 5.91. The van der Waals surface area contributed by atoms with Crippen molar-refractivity contribution in [1.82, 2.24) is 0 Å². The molecule has 1 aromatic carbocycles. The van der Waals surface area contributed by atoms with Crippen molar-refractivity contribution in [2.75, 3.05) is 0 Å². The van der Waals surface area contributed by atoms with Crippen LogP contribution in [0.3, 0.4) is 0 Å². The fraction of sp³-hybridized carbons (Fsp3) is 0.231. The summed E-state index contributed by atoms with van der Waals surface area (Å²) in [6.45, 7) is 3.08. The number of allylic oxidation sites excluding steroid dienone is 1. The molecule has 0 atom stereocenters. The van der Waals surface area contributed by atoms with Crippen LogP contribution in [-0.2, 0) is 9.59 Å². The Balaban J connectivity index is 3.21. The molecule has 0 spiro atoms. The van der Waals surface area contributed by atoms with Crippen LogP contribution in [0.2, 0.25) is 10.0 Å². The van der Waals surface area contributed by atoms with Gasteiger partial charge in [0, 0.05) is 16.5 Å². The van der Waals surface area contributed by atoms with Crippen LogP contribution >= 0.6 is 23.2 Å². The predicted octanol–water partition coefficient (Wildman–Crippen LogP) is 3.94. The van der Waals surface area contributed by atoms with Crippen LogP contribution in [0, 0.1) is 0 Å². The molecule has 0 N–H and O–H groups in total. The molecule has 17 heavy (non-hydrogen) atoms. The molecule has 0 saturated heterocycles. The van der Waals surface area contributed by atoms with Gasteiger partial charge < -0.3 is 0 Å². The van der Waals surface area contributed by atoms with Crippen molar-refractivity contribution in [3.8, 4) is 0 Å². The number of rotatable bonds is 4. The summed E-state index contributed by atoms with van der Waals surface area (Å²) in [6, 6.07) is 4.90. The second-order valence-corrected chi connectivity index (χ2v) is 4.47. The molecule has 0 bridgehead atoms. The molecule has 4 heteroatoms. The van der Waals surface area contributed by atoms with Gasteiger partial charge in [-0.2, -0.15) is 0 Å². The Morgan fingerprint density at radius 1 is 1.18 bits per heavy atom. The zero-order valence-electron chi connectivity index (χ0n) is 9.59. The lowest BCUT2D eigenvalue weighted by atomic mass is 10.0. The Morgan fingerprint density at radius 3 is 2.12 bits per heavy atom. The highest BCUT2D eigenvalue weighted by Gasteiger charge is 2.12. The Kier molecular flexibility index (Phi) is 4.91. The third kappa shape index (κ3) is 3.99. The van der Waals surface area contributed by atoms with Crippen LogP contribution in [0.15, 0.2) is 23.8 Å².